The molecule has 22 heavy (non-hydrogen) atoms. The molecule has 0 unspecified atom stereocenters. The first-order valence-corrected chi connectivity index (χ1v) is 6.55. The Kier molecular flexibility index (Phi) is 9.13. The highest BCUT2D eigenvalue weighted by Gasteiger charge is 2.15. The van der Waals surface area contributed by atoms with E-state index in [-0.39, 0.29) is 24.8 Å². The van der Waals surface area contributed by atoms with Crippen LogP contribution in [0.25, 0.3) is 0 Å². The SMILES string of the molecule is COC(=O)[C@@H](N)Cc1cn(Cc2ccc(Cl)cc2)cn1.Cl.Cl. The summed E-state index contributed by atoms with van der Waals surface area (Å²) in [6.45, 7) is 0.692. The number of carbonyl (C=O) groups is 1. The predicted octanol–water partition coefficient (Wildman–Crippen LogP) is 2.47. The van der Waals surface area contributed by atoms with Crippen LogP contribution in [0.1, 0.15) is 11.3 Å². The standard InChI is InChI=1S/C14H16ClN3O2.2ClH/c1-20-14(19)13(16)6-12-8-18(9-17-12)7-10-2-4-11(15)5-3-10;;/h2-5,8-9,13H,6-7,16H2,1H3;2*1H/t13-;;/m0../s1. The third-order valence-electron chi connectivity index (χ3n) is 2.90. The van der Waals surface area contributed by atoms with Gasteiger partial charge in [0.15, 0.2) is 0 Å². The molecule has 2 rings (SSSR count). The Hall–Kier alpha value is -1.27. The fourth-order valence-corrected chi connectivity index (χ4v) is 1.98. The highest BCUT2D eigenvalue weighted by molar-refractivity contribution is 6.30. The lowest BCUT2D eigenvalue weighted by Gasteiger charge is -2.06. The van der Waals surface area contributed by atoms with E-state index in [2.05, 4.69) is 9.72 Å². The minimum Gasteiger partial charge on any atom is -0.468 e. The Morgan fingerprint density at radius 3 is 2.59 bits per heavy atom. The number of aromatic nitrogens is 2. The van der Waals surface area contributed by atoms with Crippen molar-refractivity contribution in [3.63, 3.8) is 0 Å². The molecule has 0 saturated carbocycles. The smallest absolute Gasteiger partial charge is 0.323 e. The number of carbonyl (C=O) groups excluding carboxylic acids is 1. The van der Waals surface area contributed by atoms with Gasteiger partial charge in [0.2, 0.25) is 0 Å². The van der Waals surface area contributed by atoms with Gasteiger partial charge in [-0.25, -0.2) is 4.98 Å². The van der Waals surface area contributed by atoms with Crippen LogP contribution >= 0.6 is 36.4 Å². The van der Waals surface area contributed by atoms with Gasteiger partial charge in [-0.3, -0.25) is 4.79 Å². The molecular weight excluding hydrogens is 349 g/mol. The van der Waals surface area contributed by atoms with Crippen molar-refractivity contribution in [1.29, 1.82) is 0 Å². The number of ether oxygens (including phenoxy) is 1. The summed E-state index contributed by atoms with van der Waals surface area (Å²) in [5, 5.41) is 0.712. The van der Waals surface area contributed by atoms with Crippen molar-refractivity contribution in [1.82, 2.24) is 9.55 Å². The number of nitrogens with two attached hydrogens (primary N) is 1. The number of imidazole rings is 1. The van der Waals surface area contributed by atoms with E-state index < -0.39 is 12.0 Å². The summed E-state index contributed by atoms with van der Waals surface area (Å²) in [5.41, 5.74) is 7.58. The molecule has 5 nitrogen and oxygen atoms in total. The van der Waals surface area contributed by atoms with Gasteiger partial charge in [0, 0.05) is 24.2 Å². The molecule has 2 aromatic rings. The average molecular weight is 367 g/mol. The topological polar surface area (TPSA) is 70.1 Å². The Labute approximate surface area is 146 Å². The summed E-state index contributed by atoms with van der Waals surface area (Å²) >= 11 is 5.84. The zero-order valence-corrected chi connectivity index (χ0v) is 14.3. The molecule has 0 saturated heterocycles. The fourth-order valence-electron chi connectivity index (χ4n) is 1.86. The zero-order chi connectivity index (χ0) is 14.5. The van der Waals surface area contributed by atoms with Crippen LogP contribution in [0.2, 0.25) is 5.02 Å². The summed E-state index contributed by atoms with van der Waals surface area (Å²) in [4.78, 5) is 15.5. The number of methoxy groups -OCH3 is 1. The number of hydrogen-bond acceptors (Lipinski definition) is 4. The number of nitrogens with zero attached hydrogens (tertiary/aromatic N) is 2. The van der Waals surface area contributed by atoms with Crippen LogP contribution in [0, 0.1) is 0 Å². The largest absolute Gasteiger partial charge is 0.468 e. The van der Waals surface area contributed by atoms with E-state index >= 15 is 0 Å². The lowest BCUT2D eigenvalue weighted by Crippen LogP contribution is -2.33. The van der Waals surface area contributed by atoms with E-state index in [0.29, 0.717) is 18.0 Å². The molecule has 0 amide bonds. The number of rotatable bonds is 5. The first kappa shape index (κ1) is 20.7. The van der Waals surface area contributed by atoms with Crippen LogP contribution in [0.3, 0.4) is 0 Å². The highest BCUT2D eigenvalue weighted by atomic mass is 35.5. The van der Waals surface area contributed by atoms with Crippen molar-refractivity contribution in [3.05, 3.63) is 53.1 Å². The lowest BCUT2D eigenvalue weighted by atomic mass is 10.2. The van der Waals surface area contributed by atoms with Gasteiger partial charge in [0.05, 0.1) is 19.1 Å². The third kappa shape index (κ3) is 5.85. The molecule has 0 aliphatic carbocycles. The first-order chi connectivity index (χ1) is 9.58. The monoisotopic (exact) mass is 365 g/mol. The first-order valence-electron chi connectivity index (χ1n) is 6.17. The normalized spacial score (nSPS) is 11.0. The Morgan fingerprint density at radius 2 is 2.00 bits per heavy atom. The van der Waals surface area contributed by atoms with E-state index in [4.69, 9.17) is 17.3 Å². The predicted molar refractivity (Wildman–Crippen MR) is 91.0 cm³/mol. The molecule has 8 heteroatoms. The summed E-state index contributed by atoms with van der Waals surface area (Å²) in [6, 6.07) is 6.94. The average Bonchev–Trinajstić information content (AvgIpc) is 2.87. The quantitative estimate of drug-likeness (QED) is 0.825. The maximum atomic E-state index is 11.3. The molecule has 0 aliphatic rings. The van der Waals surface area contributed by atoms with E-state index in [1.165, 1.54) is 7.11 Å². The van der Waals surface area contributed by atoms with E-state index in [0.717, 1.165) is 11.3 Å². The highest BCUT2D eigenvalue weighted by Crippen LogP contribution is 2.11. The molecule has 0 radical (unpaired) electrons. The minimum absolute atomic E-state index is 0. The van der Waals surface area contributed by atoms with Crippen molar-refractivity contribution < 1.29 is 9.53 Å². The molecule has 0 spiro atoms. The van der Waals surface area contributed by atoms with Crippen molar-refractivity contribution in [2.24, 2.45) is 5.73 Å². The van der Waals surface area contributed by atoms with Crippen molar-refractivity contribution >= 4 is 42.4 Å². The van der Waals surface area contributed by atoms with Crippen LogP contribution in [-0.2, 0) is 22.5 Å². The zero-order valence-electron chi connectivity index (χ0n) is 11.9. The summed E-state index contributed by atoms with van der Waals surface area (Å²) < 4.78 is 6.52. The van der Waals surface area contributed by atoms with E-state index in [9.17, 15) is 4.79 Å². The number of hydrogen-bond donors (Lipinski definition) is 1. The molecule has 1 atom stereocenters. The van der Waals surface area contributed by atoms with Gasteiger partial charge >= 0.3 is 5.97 Å². The molecule has 1 aromatic heterocycles. The van der Waals surface area contributed by atoms with Gasteiger partial charge in [-0.15, -0.1) is 24.8 Å². The molecule has 1 heterocycles. The second kappa shape index (κ2) is 9.69. The van der Waals surface area contributed by atoms with Crippen molar-refractivity contribution in [3.8, 4) is 0 Å². The van der Waals surface area contributed by atoms with Gasteiger partial charge < -0.3 is 15.0 Å². The Morgan fingerprint density at radius 1 is 1.36 bits per heavy atom. The van der Waals surface area contributed by atoms with Gasteiger partial charge in [0.25, 0.3) is 0 Å². The van der Waals surface area contributed by atoms with Crippen LogP contribution in [0.5, 0.6) is 0 Å². The van der Waals surface area contributed by atoms with Crippen molar-refractivity contribution in [2.75, 3.05) is 7.11 Å². The number of esters is 1. The number of benzene rings is 1. The second-order valence-electron chi connectivity index (χ2n) is 4.50. The van der Waals surface area contributed by atoms with Gasteiger partial charge in [-0.1, -0.05) is 23.7 Å². The van der Waals surface area contributed by atoms with Crippen molar-refractivity contribution in [2.45, 2.75) is 19.0 Å². The summed E-state index contributed by atoms with van der Waals surface area (Å²) in [7, 11) is 1.32. The minimum atomic E-state index is -0.682. The summed E-state index contributed by atoms with van der Waals surface area (Å²) in [6.07, 6.45) is 3.95. The Bertz CT molecular complexity index is 587. The maximum absolute atomic E-state index is 11.3. The maximum Gasteiger partial charge on any atom is 0.323 e. The molecule has 2 N–H and O–H groups in total. The van der Waals surface area contributed by atoms with Gasteiger partial charge in [-0.2, -0.15) is 0 Å². The van der Waals surface area contributed by atoms with Gasteiger partial charge in [-0.05, 0) is 17.7 Å². The molecule has 0 fully saturated rings. The molecule has 0 aliphatic heterocycles. The fraction of sp³-hybridized carbons (Fsp3) is 0.286. The molecule has 0 bridgehead atoms. The third-order valence-corrected chi connectivity index (χ3v) is 3.15. The second-order valence-corrected chi connectivity index (χ2v) is 4.93. The number of halogens is 3. The van der Waals surface area contributed by atoms with E-state index in [1.807, 2.05) is 35.0 Å². The summed E-state index contributed by atoms with van der Waals surface area (Å²) in [5.74, 6) is -0.433. The molecule has 1 aromatic carbocycles. The Balaban J connectivity index is 0.00000220. The van der Waals surface area contributed by atoms with Crippen LogP contribution in [0.4, 0.5) is 0 Å². The molecular formula is C14H18Cl3N3O2. The lowest BCUT2D eigenvalue weighted by molar-refractivity contribution is -0.142. The molecule has 122 valence electrons. The van der Waals surface area contributed by atoms with Gasteiger partial charge in [0.1, 0.15) is 6.04 Å². The van der Waals surface area contributed by atoms with Crippen LogP contribution < -0.4 is 5.73 Å². The van der Waals surface area contributed by atoms with Crippen LogP contribution in [-0.4, -0.2) is 28.7 Å². The van der Waals surface area contributed by atoms with E-state index in [1.54, 1.807) is 6.33 Å². The van der Waals surface area contributed by atoms with Crippen LogP contribution in [0.15, 0.2) is 36.8 Å².